The van der Waals surface area contributed by atoms with Gasteiger partial charge >= 0.3 is 0 Å². The summed E-state index contributed by atoms with van der Waals surface area (Å²) in [6.45, 7) is 2.13. The van der Waals surface area contributed by atoms with Crippen LogP contribution >= 0.6 is 22.9 Å². The molecule has 1 fully saturated rings. The lowest BCUT2D eigenvalue weighted by Crippen LogP contribution is -2.41. The summed E-state index contributed by atoms with van der Waals surface area (Å²) < 4.78 is 7.42. The monoisotopic (exact) mass is 431 g/mol. The van der Waals surface area contributed by atoms with Crippen molar-refractivity contribution < 1.29 is 14.3 Å². The van der Waals surface area contributed by atoms with Crippen LogP contribution in [0.4, 0.5) is 5.69 Å². The van der Waals surface area contributed by atoms with Gasteiger partial charge in [0.25, 0.3) is 11.8 Å². The van der Waals surface area contributed by atoms with Crippen LogP contribution in [0.5, 0.6) is 0 Å². The molecule has 0 unspecified atom stereocenters. The molecule has 3 heterocycles. The van der Waals surface area contributed by atoms with Gasteiger partial charge in [-0.2, -0.15) is 0 Å². The number of rotatable bonds is 6. The Labute approximate surface area is 176 Å². The normalized spacial score (nSPS) is 14.2. The Hall–Kier alpha value is -2.75. The van der Waals surface area contributed by atoms with Crippen LogP contribution in [-0.4, -0.2) is 53.1 Å². The molecule has 0 saturated carbocycles. The second-order valence-corrected chi connectivity index (χ2v) is 8.09. The van der Waals surface area contributed by atoms with Crippen molar-refractivity contribution in [3.05, 3.63) is 51.8 Å². The van der Waals surface area contributed by atoms with Crippen molar-refractivity contribution >= 4 is 40.4 Å². The van der Waals surface area contributed by atoms with Crippen LogP contribution in [0.25, 0.3) is 11.3 Å². The fourth-order valence-electron chi connectivity index (χ4n) is 2.95. The molecule has 0 atom stereocenters. The molecule has 1 saturated heterocycles. The average Bonchev–Trinajstić information content (AvgIpc) is 3.38. The van der Waals surface area contributed by atoms with Gasteiger partial charge in [-0.1, -0.05) is 28.9 Å². The molecule has 1 N–H and O–H groups in total. The van der Waals surface area contributed by atoms with Gasteiger partial charge in [-0.3, -0.25) is 14.3 Å². The van der Waals surface area contributed by atoms with Gasteiger partial charge in [0.05, 0.1) is 28.6 Å². The molecule has 1 aromatic carbocycles. The van der Waals surface area contributed by atoms with E-state index in [1.54, 1.807) is 21.7 Å². The lowest BCUT2D eigenvalue weighted by Gasteiger charge is -2.26. The molecule has 8 nitrogen and oxygen atoms in total. The van der Waals surface area contributed by atoms with E-state index >= 15 is 0 Å². The number of morpholine rings is 1. The molecule has 0 aliphatic carbocycles. The molecule has 150 valence electrons. The van der Waals surface area contributed by atoms with E-state index < -0.39 is 0 Å². The lowest BCUT2D eigenvalue weighted by atomic mass is 10.1. The molecule has 1 aliphatic heterocycles. The van der Waals surface area contributed by atoms with Crippen molar-refractivity contribution in [2.45, 2.75) is 6.54 Å². The largest absolute Gasteiger partial charge is 0.370 e. The topological polar surface area (TPSA) is 89.4 Å². The fourth-order valence-corrected chi connectivity index (χ4v) is 3.91. The molecule has 2 amide bonds. The van der Waals surface area contributed by atoms with Gasteiger partial charge in [-0.25, -0.2) is 0 Å². The maximum Gasteiger partial charge on any atom is 0.261 e. The zero-order chi connectivity index (χ0) is 20.2. The molecule has 1 aliphatic rings. The van der Waals surface area contributed by atoms with Gasteiger partial charge in [0.2, 0.25) is 0 Å². The quantitative estimate of drug-likeness (QED) is 0.647. The number of benzene rings is 1. The standard InChI is InChI=1S/C19H18ClN5O3S/c20-17-6-5-16(29-17)19(27)21-7-8-24-11-15(22-23-24)13-1-3-14(4-2-13)25-9-10-28-12-18(25)26/h1-6,11H,7-10,12H2,(H,21,27). The lowest BCUT2D eigenvalue weighted by molar-refractivity contribution is -0.125. The van der Waals surface area contributed by atoms with E-state index in [0.29, 0.717) is 35.5 Å². The molecular formula is C19H18ClN5O3S. The highest BCUT2D eigenvalue weighted by atomic mass is 35.5. The first-order chi connectivity index (χ1) is 14.1. The summed E-state index contributed by atoms with van der Waals surface area (Å²) >= 11 is 7.09. The molecular weight excluding hydrogens is 414 g/mol. The Balaban J connectivity index is 1.33. The van der Waals surface area contributed by atoms with Crippen molar-refractivity contribution in [3.8, 4) is 11.3 Å². The van der Waals surface area contributed by atoms with E-state index in [9.17, 15) is 9.59 Å². The summed E-state index contributed by atoms with van der Waals surface area (Å²) in [7, 11) is 0. The van der Waals surface area contributed by atoms with Crippen LogP contribution in [0.15, 0.2) is 42.6 Å². The highest BCUT2D eigenvalue weighted by molar-refractivity contribution is 7.17. The summed E-state index contributed by atoms with van der Waals surface area (Å²) in [5, 5.41) is 11.1. The second-order valence-electron chi connectivity index (χ2n) is 6.37. The van der Waals surface area contributed by atoms with Crippen molar-refractivity contribution in [2.75, 3.05) is 31.2 Å². The molecule has 0 radical (unpaired) electrons. The molecule has 10 heteroatoms. The number of aromatic nitrogens is 3. The van der Waals surface area contributed by atoms with Crippen LogP contribution in [0.2, 0.25) is 4.34 Å². The van der Waals surface area contributed by atoms with Crippen molar-refractivity contribution in [1.82, 2.24) is 20.3 Å². The number of thiophene rings is 1. The van der Waals surface area contributed by atoms with Gasteiger partial charge < -0.3 is 15.0 Å². The summed E-state index contributed by atoms with van der Waals surface area (Å²) in [6.07, 6.45) is 1.82. The molecule has 0 bridgehead atoms. The number of halogens is 1. The maximum absolute atomic E-state index is 12.0. The van der Waals surface area contributed by atoms with E-state index in [2.05, 4.69) is 15.6 Å². The minimum Gasteiger partial charge on any atom is -0.370 e. The number of nitrogens with zero attached hydrogens (tertiary/aromatic N) is 4. The number of carbonyl (C=O) groups excluding carboxylic acids is 2. The summed E-state index contributed by atoms with van der Waals surface area (Å²) in [6, 6.07) is 11.0. The smallest absolute Gasteiger partial charge is 0.261 e. The number of hydrogen-bond donors (Lipinski definition) is 1. The molecule has 3 aromatic rings. The van der Waals surface area contributed by atoms with Crippen LogP contribution in [0.1, 0.15) is 9.67 Å². The predicted molar refractivity (Wildman–Crippen MR) is 110 cm³/mol. The van der Waals surface area contributed by atoms with E-state index in [4.69, 9.17) is 16.3 Å². The molecule has 2 aromatic heterocycles. The zero-order valence-corrected chi connectivity index (χ0v) is 16.9. The fraction of sp³-hybridized carbons (Fsp3) is 0.263. The van der Waals surface area contributed by atoms with Gasteiger partial charge in [-0.05, 0) is 24.3 Å². The van der Waals surface area contributed by atoms with Crippen LogP contribution < -0.4 is 10.2 Å². The number of amides is 2. The minimum atomic E-state index is -0.157. The van der Waals surface area contributed by atoms with Gasteiger partial charge in [-0.15, -0.1) is 16.4 Å². The van der Waals surface area contributed by atoms with Crippen LogP contribution in [-0.2, 0) is 16.1 Å². The Morgan fingerprint density at radius 2 is 2.07 bits per heavy atom. The SMILES string of the molecule is O=C(NCCn1cc(-c2ccc(N3CCOCC3=O)cc2)nn1)c1ccc(Cl)s1. The van der Waals surface area contributed by atoms with E-state index in [-0.39, 0.29) is 18.4 Å². The molecule has 0 spiro atoms. The maximum atomic E-state index is 12.0. The second kappa shape index (κ2) is 8.73. The van der Waals surface area contributed by atoms with E-state index in [0.717, 1.165) is 16.9 Å². The number of anilines is 1. The third-order valence-electron chi connectivity index (χ3n) is 4.42. The molecule has 4 rings (SSSR count). The zero-order valence-electron chi connectivity index (χ0n) is 15.4. The Morgan fingerprint density at radius 3 is 2.79 bits per heavy atom. The summed E-state index contributed by atoms with van der Waals surface area (Å²) in [4.78, 5) is 26.2. The first kappa shape index (κ1) is 19.6. The highest BCUT2D eigenvalue weighted by Gasteiger charge is 2.20. The number of hydrogen-bond acceptors (Lipinski definition) is 6. The van der Waals surface area contributed by atoms with Crippen molar-refractivity contribution in [1.29, 1.82) is 0 Å². The van der Waals surface area contributed by atoms with Crippen molar-refractivity contribution in [3.63, 3.8) is 0 Å². The van der Waals surface area contributed by atoms with Crippen LogP contribution in [0.3, 0.4) is 0 Å². The Morgan fingerprint density at radius 1 is 1.24 bits per heavy atom. The average molecular weight is 432 g/mol. The van der Waals surface area contributed by atoms with E-state index in [1.165, 1.54) is 11.3 Å². The third-order valence-corrected chi connectivity index (χ3v) is 5.65. The Kier molecular flexibility index (Phi) is 5.89. The van der Waals surface area contributed by atoms with E-state index in [1.807, 2.05) is 30.5 Å². The van der Waals surface area contributed by atoms with Gasteiger partial charge in [0.1, 0.15) is 12.3 Å². The van der Waals surface area contributed by atoms with Gasteiger partial charge in [0.15, 0.2) is 0 Å². The molecule has 29 heavy (non-hydrogen) atoms. The number of carbonyl (C=O) groups is 2. The predicted octanol–water partition coefficient (Wildman–Crippen LogP) is 2.45. The summed E-state index contributed by atoms with van der Waals surface area (Å²) in [5.74, 6) is -0.197. The minimum absolute atomic E-state index is 0.0400. The first-order valence-corrected chi connectivity index (χ1v) is 10.2. The van der Waals surface area contributed by atoms with Gasteiger partial charge in [0, 0.05) is 24.3 Å². The highest BCUT2D eigenvalue weighted by Crippen LogP contribution is 2.23. The summed E-state index contributed by atoms with van der Waals surface area (Å²) in [5.41, 5.74) is 2.46. The first-order valence-electron chi connectivity index (χ1n) is 9.02. The Bertz CT molecular complexity index is 1020. The van der Waals surface area contributed by atoms with Crippen LogP contribution in [0, 0.1) is 0 Å². The third kappa shape index (κ3) is 4.64. The number of nitrogens with one attached hydrogen (secondary N) is 1. The number of ether oxygens (including phenoxy) is 1. The van der Waals surface area contributed by atoms with Crippen molar-refractivity contribution in [2.24, 2.45) is 0 Å².